The highest BCUT2D eigenvalue weighted by molar-refractivity contribution is 5.45. The van der Waals surface area contributed by atoms with E-state index in [9.17, 15) is 9.50 Å². The Kier molecular flexibility index (Phi) is 4.53. The van der Waals surface area contributed by atoms with Crippen LogP contribution in [0.1, 0.15) is 24.2 Å². The molecule has 2 aromatic rings. The fourth-order valence-corrected chi connectivity index (χ4v) is 1.93. The second kappa shape index (κ2) is 6.34. The van der Waals surface area contributed by atoms with Crippen molar-refractivity contribution in [1.29, 1.82) is 0 Å². The van der Waals surface area contributed by atoms with E-state index in [1.54, 1.807) is 18.2 Å². The molecule has 0 aliphatic heterocycles. The molecule has 2 N–H and O–H groups in total. The van der Waals surface area contributed by atoms with Gasteiger partial charge in [-0.25, -0.2) is 4.39 Å². The van der Waals surface area contributed by atoms with Crippen LogP contribution in [0.3, 0.4) is 0 Å². The summed E-state index contributed by atoms with van der Waals surface area (Å²) in [6.45, 7) is 2.39. The number of aryl methyl sites for hydroxylation is 1. The molecule has 2 aromatic carbocycles. The third-order valence-electron chi connectivity index (χ3n) is 3.13. The summed E-state index contributed by atoms with van der Waals surface area (Å²) in [5.74, 6) is -0.377. The highest BCUT2D eigenvalue weighted by Gasteiger charge is 2.11. The molecular weight excluding hydrogens is 241 g/mol. The van der Waals surface area contributed by atoms with Gasteiger partial charge in [0, 0.05) is 17.8 Å². The minimum atomic E-state index is -0.855. The first-order valence-electron chi connectivity index (χ1n) is 6.46. The summed E-state index contributed by atoms with van der Waals surface area (Å²) in [4.78, 5) is 0. The minimum absolute atomic E-state index is 0.284. The molecule has 0 heterocycles. The highest BCUT2D eigenvalue weighted by atomic mass is 19.1. The maximum Gasteiger partial charge on any atom is 0.129 e. The van der Waals surface area contributed by atoms with E-state index < -0.39 is 6.10 Å². The third kappa shape index (κ3) is 3.55. The van der Waals surface area contributed by atoms with E-state index >= 15 is 0 Å². The summed E-state index contributed by atoms with van der Waals surface area (Å²) >= 11 is 0. The molecule has 3 heteroatoms. The zero-order chi connectivity index (χ0) is 13.7. The van der Waals surface area contributed by atoms with Gasteiger partial charge in [-0.3, -0.25) is 0 Å². The van der Waals surface area contributed by atoms with Gasteiger partial charge in [-0.1, -0.05) is 37.3 Å². The average Bonchev–Trinajstić information content (AvgIpc) is 2.46. The van der Waals surface area contributed by atoms with E-state index in [2.05, 4.69) is 12.2 Å². The number of halogens is 1. The third-order valence-corrected chi connectivity index (χ3v) is 3.13. The molecular formula is C16H18FNO. The number of hydrogen-bond acceptors (Lipinski definition) is 2. The van der Waals surface area contributed by atoms with E-state index in [1.165, 1.54) is 11.6 Å². The van der Waals surface area contributed by atoms with Crippen molar-refractivity contribution < 1.29 is 9.50 Å². The molecule has 2 rings (SSSR count). The van der Waals surface area contributed by atoms with Crippen molar-refractivity contribution in [2.45, 2.75) is 19.4 Å². The van der Waals surface area contributed by atoms with Gasteiger partial charge in [0.1, 0.15) is 5.82 Å². The predicted octanol–water partition coefficient (Wildman–Crippen LogP) is 3.53. The fraction of sp³-hybridized carbons (Fsp3) is 0.250. The molecule has 19 heavy (non-hydrogen) atoms. The summed E-state index contributed by atoms with van der Waals surface area (Å²) in [6, 6.07) is 14.3. The number of aliphatic hydroxyl groups is 1. The van der Waals surface area contributed by atoms with Crippen LogP contribution in [0.25, 0.3) is 0 Å². The summed E-state index contributed by atoms with van der Waals surface area (Å²) in [7, 11) is 0. The molecule has 0 amide bonds. The van der Waals surface area contributed by atoms with Crippen LogP contribution in [0.2, 0.25) is 0 Å². The molecule has 0 bridgehead atoms. The molecule has 2 nitrogen and oxygen atoms in total. The normalized spacial score (nSPS) is 12.2. The molecule has 0 saturated carbocycles. The largest absolute Gasteiger partial charge is 0.386 e. The Balaban J connectivity index is 1.96. The van der Waals surface area contributed by atoms with Crippen molar-refractivity contribution in [2.24, 2.45) is 0 Å². The Labute approximate surface area is 112 Å². The number of aliphatic hydroxyl groups excluding tert-OH is 1. The Morgan fingerprint density at radius 1 is 1.11 bits per heavy atom. The van der Waals surface area contributed by atoms with Gasteiger partial charge in [0.05, 0.1) is 6.10 Å². The maximum atomic E-state index is 13.5. The predicted molar refractivity (Wildman–Crippen MR) is 75.7 cm³/mol. The first-order valence-corrected chi connectivity index (χ1v) is 6.46. The molecule has 0 saturated heterocycles. The molecule has 0 aliphatic carbocycles. The lowest BCUT2D eigenvalue weighted by atomic mass is 10.1. The SMILES string of the molecule is CCc1ccc(NCC(O)c2ccccc2F)cc1. The molecule has 0 aromatic heterocycles. The van der Waals surface area contributed by atoms with Crippen molar-refractivity contribution in [1.82, 2.24) is 0 Å². The molecule has 100 valence electrons. The van der Waals surface area contributed by atoms with Crippen molar-refractivity contribution in [3.8, 4) is 0 Å². The van der Waals surface area contributed by atoms with Gasteiger partial charge < -0.3 is 10.4 Å². The van der Waals surface area contributed by atoms with Crippen LogP contribution in [-0.4, -0.2) is 11.7 Å². The van der Waals surface area contributed by atoms with Crippen LogP contribution in [0, 0.1) is 5.82 Å². The van der Waals surface area contributed by atoms with Gasteiger partial charge in [0.25, 0.3) is 0 Å². The zero-order valence-electron chi connectivity index (χ0n) is 10.9. The number of rotatable bonds is 5. The molecule has 0 fully saturated rings. The number of nitrogens with one attached hydrogen (secondary N) is 1. The topological polar surface area (TPSA) is 32.3 Å². The number of hydrogen-bond donors (Lipinski definition) is 2. The molecule has 0 spiro atoms. The van der Waals surface area contributed by atoms with Crippen molar-refractivity contribution in [3.63, 3.8) is 0 Å². The first-order chi connectivity index (χ1) is 9.20. The van der Waals surface area contributed by atoms with Crippen molar-refractivity contribution in [2.75, 3.05) is 11.9 Å². The van der Waals surface area contributed by atoms with Crippen molar-refractivity contribution >= 4 is 5.69 Å². The second-order valence-corrected chi connectivity index (χ2v) is 4.47. The Morgan fingerprint density at radius 3 is 2.42 bits per heavy atom. The van der Waals surface area contributed by atoms with Gasteiger partial charge in [0.15, 0.2) is 0 Å². The lowest BCUT2D eigenvalue weighted by Gasteiger charge is -2.14. The Bertz CT molecular complexity index is 525. The van der Waals surface area contributed by atoms with Crippen LogP contribution in [0.5, 0.6) is 0 Å². The standard InChI is InChI=1S/C16H18FNO/c1-2-12-7-9-13(10-8-12)18-11-16(19)14-5-3-4-6-15(14)17/h3-10,16,18-19H,2,11H2,1H3. The quantitative estimate of drug-likeness (QED) is 0.861. The van der Waals surface area contributed by atoms with Crippen molar-refractivity contribution in [3.05, 3.63) is 65.5 Å². The summed E-state index contributed by atoms with van der Waals surface area (Å²) in [6.07, 6.45) is 0.144. The monoisotopic (exact) mass is 259 g/mol. The Morgan fingerprint density at radius 2 is 1.79 bits per heavy atom. The van der Waals surface area contributed by atoms with E-state index in [0.717, 1.165) is 12.1 Å². The second-order valence-electron chi connectivity index (χ2n) is 4.47. The van der Waals surface area contributed by atoms with Crippen LogP contribution in [0.15, 0.2) is 48.5 Å². The summed E-state index contributed by atoms with van der Waals surface area (Å²) in [5, 5.41) is 13.1. The van der Waals surface area contributed by atoms with E-state index in [0.29, 0.717) is 5.56 Å². The first kappa shape index (κ1) is 13.6. The van der Waals surface area contributed by atoms with E-state index in [-0.39, 0.29) is 12.4 Å². The van der Waals surface area contributed by atoms with Gasteiger partial charge in [-0.2, -0.15) is 0 Å². The maximum absolute atomic E-state index is 13.5. The van der Waals surface area contributed by atoms with Crippen LogP contribution in [0.4, 0.5) is 10.1 Å². The van der Waals surface area contributed by atoms with Gasteiger partial charge in [-0.15, -0.1) is 0 Å². The van der Waals surface area contributed by atoms with Gasteiger partial charge in [-0.05, 0) is 30.2 Å². The molecule has 0 aliphatic rings. The molecule has 0 radical (unpaired) electrons. The lowest BCUT2D eigenvalue weighted by Crippen LogP contribution is -2.13. The number of anilines is 1. The fourth-order valence-electron chi connectivity index (χ4n) is 1.93. The molecule has 1 unspecified atom stereocenters. The smallest absolute Gasteiger partial charge is 0.129 e. The average molecular weight is 259 g/mol. The van der Waals surface area contributed by atoms with E-state index in [4.69, 9.17) is 0 Å². The van der Waals surface area contributed by atoms with Gasteiger partial charge >= 0.3 is 0 Å². The zero-order valence-corrected chi connectivity index (χ0v) is 10.9. The lowest BCUT2D eigenvalue weighted by molar-refractivity contribution is 0.186. The summed E-state index contributed by atoms with van der Waals surface area (Å²) < 4.78 is 13.5. The highest BCUT2D eigenvalue weighted by Crippen LogP contribution is 2.18. The summed E-state index contributed by atoms with van der Waals surface area (Å²) in [5.41, 5.74) is 2.51. The van der Waals surface area contributed by atoms with Gasteiger partial charge in [0.2, 0.25) is 0 Å². The molecule has 1 atom stereocenters. The van der Waals surface area contributed by atoms with Crippen LogP contribution < -0.4 is 5.32 Å². The van der Waals surface area contributed by atoms with Crippen LogP contribution in [-0.2, 0) is 6.42 Å². The van der Waals surface area contributed by atoms with E-state index in [1.807, 2.05) is 24.3 Å². The Hall–Kier alpha value is -1.87. The van der Waals surface area contributed by atoms with Crippen LogP contribution >= 0.6 is 0 Å². The minimum Gasteiger partial charge on any atom is -0.386 e. The number of benzene rings is 2.